The Labute approximate surface area is 197 Å². The first-order valence-electron chi connectivity index (χ1n) is 10.1. The van der Waals surface area contributed by atoms with E-state index in [2.05, 4.69) is 9.98 Å². The summed E-state index contributed by atoms with van der Waals surface area (Å²) >= 11 is 0. The molecule has 0 saturated heterocycles. The Hall–Kier alpha value is -4.15. The van der Waals surface area contributed by atoms with E-state index in [9.17, 15) is 17.6 Å². The predicted molar refractivity (Wildman–Crippen MR) is 119 cm³/mol. The van der Waals surface area contributed by atoms with Gasteiger partial charge in [-0.25, -0.2) is 9.98 Å². The van der Waals surface area contributed by atoms with Gasteiger partial charge in [-0.1, -0.05) is 24.3 Å². The lowest BCUT2D eigenvalue weighted by atomic mass is 9.82. The maximum atomic E-state index is 14.4. The Morgan fingerprint density at radius 2 is 1.86 bits per heavy atom. The van der Waals surface area contributed by atoms with Gasteiger partial charge in [-0.3, -0.25) is 4.79 Å². The Morgan fingerprint density at radius 1 is 1.17 bits per heavy atom. The lowest BCUT2D eigenvalue weighted by Crippen LogP contribution is -2.28. The van der Waals surface area contributed by atoms with Gasteiger partial charge in [0.1, 0.15) is 12.4 Å². The highest BCUT2D eigenvalue weighted by molar-refractivity contribution is 5.76. The van der Waals surface area contributed by atoms with Gasteiger partial charge in [0.05, 0.1) is 12.7 Å². The molecule has 4 rings (SSSR count). The van der Waals surface area contributed by atoms with Crippen LogP contribution in [0.25, 0.3) is 11.1 Å². The molecular formula is C24H21F4N3O4. The van der Waals surface area contributed by atoms with Gasteiger partial charge in [-0.05, 0) is 53.4 Å². The molecule has 35 heavy (non-hydrogen) atoms. The van der Waals surface area contributed by atoms with Gasteiger partial charge in [0.25, 0.3) is 12.5 Å². The Kier molecular flexibility index (Phi) is 7.28. The van der Waals surface area contributed by atoms with E-state index in [4.69, 9.17) is 25.1 Å². The maximum absolute atomic E-state index is 14.4. The highest BCUT2D eigenvalue weighted by Crippen LogP contribution is 2.43. The summed E-state index contributed by atoms with van der Waals surface area (Å²) in [5.41, 5.74) is 5.72. The number of nitrogens with two attached hydrogens (primary N) is 1. The number of amidine groups is 1. The largest absolute Gasteiger partial charge is 0.496 e. The van der Waals surface area contributed by atoms with Gasteiger partial charge in [-0.2, -0.15) is 17.6 Å². The van der Waals surface area contributed by atoms with Crippen LogP contribution < -0.4 is 10.5 Å². The summed E-state index contributed by atoms with van der Waals surface area (Å²) in [5, 5.41) is 6.89. The second-order valence-corrected chi connectivity index (χ2v) is 7.55. The molecule has 1 unspecified atom stereocenters. The minimum absolute atomic E-state index is 0.111. The number of hydrogen-bond donors (Lipinski definition) is 2. The lowest BCUT2D eigenvalue weighted by Gasteiger charge is -2.27. The van der Waals surface area contributed by atoms with Gasteiger partial charge < -0.3 is 20.3 Å². The van der Waals surface area contributed by atoms with Gasteiger partial charge in [0, 0.05) is 11.8 Å². The molecule has 1 atom stereocenters. The number of halogens is 4. The summed E-state index contributed by atoms with van der Waals surface area (Å²) in [6, 6.07) is 11.9. The molecule has 0 spiro atoms. The number of pyridine rings is 1. The van der Waals surface area contributed by atoms with Crippen LogP contribution in [-0.2, 0) is 21.2 Å². The number of aryl methyl sites for hydroxylation is 1. The van der Waals surface area contributed by atoms with Crippen LogP contribution in [0.3, 0.4) is 0 Å². The number of hydrogen-bond acceptors (Lipinski definition) is 6. The number of methoxy groups -OCH3 is 1. The summed E-state index contributed by atoms with van der Waals surface area (Å²) in [7, 11) is 1.17. The van der Waals surface area contributed by atoms with Crippen LogP contribution in [0.2, 0.25) is 0 Å². The molecular weight excluding hydrogens is 470 g/mol. The monoisotopic (exact) mass is 491 g/mol. The van der Waals surface area contributed by atoms with Crippen molar-refractivity contribution in [2.75, 3.05) is 13.7 Å². The van der Waals surface area contributed by atoms with Gasteiger partial charge in [-0.15, -0.1) is 0 Å². The normalized spacial score (nSPS) is 17.0. The first-order chi connectivity index (χ1) is 16.6. The number of ether oxygens (including phenoxy) is 2. The van der Waals surface area contributed by atoms with Crippen LogP contribution in [0.1, 0.15) is 22.3 Å². The third-order valence-electron chi connectivity index (χ3n) is 5.34. The van der Waals surface area contributed by atoms with Crippen molar-refractivity contribution in [2.24, 2.45) is 10.7 Å². The van der Waals surface area contributed by atoms with Crippen LogP contribution in [0.5, 0.6) is 5.75 Å². The molecule has 0 fully saturated rings. The minimum Gasteiger partial charge on any atom is -0.496 e. The molecule has 1 aliphatic heterocycles. The molecule has 1 aromatic heterocycles. The number of alkyl halides is 3. The van der Waals surface area contributed by atoms with Crippen molar-refractivity contribution in [3.05, 3.63) is 82.9 Å². The van der Waals surface area contributed by atoms with Crippen LogP contribution in [0.15, 0.2) is 59.7 Å². The van der Waals surface area contributed by atoms with Gasteiger partial charge >= 0.3 is 6.18 Å². The first kappa shape index (κ1) is 25.5. The van der Waals surface area contributed by atoms with Crippen molar-refractivity contribution >= 4 is 12.5 Å². The zero-order chi connectivity index (χ0) is 25.8. The SMILES string of the molecule is COc1ccc(C2(c3cccc(-c4cc(C)cnc4F)c3)COC(N)=N2)cc1C(F)(F)F.O=CO. The average molecular weight is 491 g/mol. The minimum atomic E-state index is -4.64. The zero-order valence-corrected chi connectivity index (χ0v) is 18.6. The fourth-order valence-electron chi connectivity index (χ4n) is 3.78. The number of aliphatic imine (C=N–C) groups is 1. The quantitative estimate of drug-likeness (QED) is 0.316. The lowest BCUT2D eigenvalue weighted by molar-refractivity contribution is -0.138. The number of benzene rings is 2. The molecule has 0 amide bonds. The van der Waals surface area contributed by atoms with Crippen molar-refractivity contribution in [3.63, 3.8) is 0 Å². The van der Waals surface area contributed by atoms with E-state index in [1.54, 1.807) is 37.3 Å². The van der Waals surface area contributed by atoms with E-state index >= 15 is 0 Å². The van der Waals surface area contributed by atoms with Crippen molar-refractivity contribution in [3.8, 4) is 16.9 Å². The summed E-state index contributed by atoms with van der Waals surface area (Å²) in [4.78, 5) is 16.5. The second kappa shape index (κ2) is 10.00. The number of carboxylic acid groups (broad SMARTS) is 1. The molecule has 2 heterocycles. The van der Waals surface area contributed by atoms with Crippen LogP contribution in [0, 0.1) is 12.9 Å². The Morgan fingerprint density at radius 3 is 2.46 bits per heavy atom. The standard InChI is InChI=1S/C23H19F4N3O2.CH2O2/c1-13-8-17(20(24)29-11-13)14-4-3-5-15(9-14)22(12-32-21(28)30-22)16-6-7-19(31-2)18(10-16)23(25,26)27;2-1-3/h3-11H,12H2,1-2H3,(H2,28,30);1H,(H,2,3). The Balaban J connectivity index is 0.00000108. The number of nitrogens with zero attached hydrogens (tertiary/aromatic N) is 2. The zero-order valence-electron chi connectivity index (χ0n) is 18.6. The van der Waals surface area contributed by atoms with Crippen LogP contribution in [-0.4, -0.2) is 36.3 Å². The third-order valence-corrected chi connectivity index (χ3v) is 5.34. The van der Waals surface area contributed by atoms with Crippen molar-refractivity contribution in [1.29, 1.82) is 0 Å². The summed E-state index contributed by atoms with van der Waals surface area (Å²) in [6.07, 6.45) is -3.23. The van der Waals surface area contributed by atoms with Crippen molar-refractivity contribution in [2.45, 2.75) is 18.6 Å². The van der Waals surface area contributed by atoms with Gasteiger partial charge in [0.15, 0.2) is 5.54 Å². The highest BCUT2D eigenvalue weighted by atomic mass is 19.4. The van der Waals surface area contributed by atoms with Crippen molar-refractivity contribution in [1.82, 2.24) is 4.98 Å². The molecule has 0 saturated carbocycles. The molecule has 7 nitrogen and oxygen atoms in total. The molecule has 2 aromatic carbocycles. The smallest absolute Gasteiger partial charge is 0.419 e. The molecule has 3 N–H and O–H groups in total. The fraction of sp³-hybridized carbons (Fsp3) is 0.208. The topological polar surface area (TPSA) is 107 Å². The van der Waals surface area contributed by atoms with Crippen LogP contribution >= 0.6 is 0 Å². The predicted octanol–water partition coefficient (Wildman–Crippen LogP) is 4.51. The van der Waals surface area contributed by atoms with E-state index in [0.717, 1.165) is 11.6 Å². The van der Waals surface area contributed by atoms with E-state index in [1.807, 2.05) is 0 Å². The fourth-order valence-corrected chi connectivity index (χ4v) is 3.78. The second-order valence-electron chi connectivity index (χ2n) is 7.55. The first-order valence-corrected chi connectivity index (χ1v) is 10.1. The molecule has 11 heteroatoms. The maximum Gasteiger partial charge on any atom is 0.419 e. The highest BCUT2D eigenvalue weighted by Gasteiger charge is 2.43. The van der Waals surface area contributed by atoms with E-state index in [1.165, 1.54) is 25.4 Å². The van der Waals surface area contributed by atoms with E-state index in [-0.39, 0.29) is 36.0 Å². The van der Waals surface area contributed by atoms with Crippen molar-refractivity contribution < 1.29 is 36.9 Å². The van der Waals surface area contributed by atoms with E-state index < -0.39 is 23.2 Å². The summed E-state index contributed by atoms with van der Waals surface area (Å²) < 4.78 is 65.6. The molecule has 184 valence electrons. The number of aromatic nitrogens is 1. The van der Waals surface area contributed by atoms with Crippen LogP contribution in [0.4, 0.5) is 17.6 Å². The summed E-state index contributed by atoms with van der Waals surface area (Å²) in [6.45, 7) is 1.42. The molecule has 3 aromatic rings. The molecule has 0 bridgehead atoms. The number of carbonyl (C=O) groups is 1. The molecule has 0 aliphatic carbocycles. The average Bonchev–Trinajstić information content (AvgIpc) is 3.23. The molecule has 1 aliphatic rings. The summed E-state index contributed by atoms with van der Waals surface area (Å²) in [5.74, 6) is -0.967. The van der Waals surface area contributed by atoms with Gasteiger partial charge in [0.2, 0.25) is 5.95 Å². The van der Waals surface area contributed by atoms with E-state index in [0.29, 0.717) is 11.1 Å². The number of rotatable bonds is 4. The molecule has 0 radical (unpaired) electrons. The third kappa shape index (κ3) is 5.18. The Bertz CT molecular complexity index is 1260.